The second-order valence-corrected chi connectivity index (χ2v) is 4.25. The van der Waals surface area contributed by atoms with Crippen molar-refractivity contribution in [2.45, 2.75) is 10.4 Å². The number of nitrogen functional groups attached to an aromatic ring is 1. The molecule has 14 heavy (non-hydrogen) atoms. The van der Waals surface area contributed by atoms with Gasteiger partial charge in [-0.2, -0.15) is 13.2 Å². The zero-order valence-corrected chi connectivity index (χ0v) is 8.21. The van der Waals surface area contributed by atoms with E-state index < -0.39 is 21.2 Å². The van der Waals surface area contributed by atoms with Crippen molar-refractivity contribution in [3.63, 3.8) is 0 Å². The molecule has 0 amide bonds. The largest absolute Gasteiger partial charge is 0.475 e. The van der Waals surface area contributed by atoms with Crippen LogP contribution in [0.3, 0.4) is 0 Å². The molecule has 0 saturated heterocycles. The van der Waals surface area contributed by atoms with Crippen molar-refractivity contribution in [3.8, 4) is 0 Å². The first-order valence-electron chi connectivity index (χ1n) is 3.36. The van der Waals surface area contributed by atoms with Gasteiger partial charge in [-0.05, 0) is 18.2 Å². The number of hydrogen-bond acceptors (Lipinski definition) is 2. The Bertz CT molecular complexity index is 380. The molecule has 0 aliphatic heterocycles. The van der Waals surface area contributed by atoms with Crippen LogP contribution in [0.1, 0.15) is 0 Å². The molecule has 0 fully saturated rings. The lowest BCUT2D eigenvalue weighted by molar-refractivity contribution is -0.0384. The van der Waals surface area contributed by atoms with E-state index in [1.165, 1.54) is 6.07 Å². The predicted octanol–water partition coefficient (Wildman–Crippen LogP) is 2.55. The summed E-state index contributed by atoms with van der Waals surface area (Å²) in [6, 6.07) is 3.34. The molecule has 0 aliphatic rings. The number of halogens is 4. The number of rotatable bonds is 1. The maximum absolute atomic E-state index is 12.0. The summed E-state index contributed by atoms with van der Waals surface area (Å²) in [7, 11) is -3.11. The van der Waals surface area contributed by atoms with Crippen molar-refractivity contribution in [1.29, 1.82) is 0 Å². The second-order valence-electron chi connectivity index (χ2n) is 2.40. The van der Waals surface area contributed by atoms with E-state index in [2.05, 4.69) is 0 Å². The monoisotopic (exact) mass is 243 g/mol. The fourth-order valence-corrected chi connectivity index (χ4v) is 1.87. The minimum absolute atomic E-state index is 0.220. The van der Waals surface area contributed by atoms with Gasteiger partial charge in [0.15, 0.2) is 10.8 Å². The van der Waals surface area contributed by atoms with Gasteiger partial charge in [-0.1, -0.05) is 11.6 Å². The molecule has 2 nitrogen and oxygen atoms in total. The van der Waals surface area contributed by atoms with Gasteiger partial charge in [0.1, 0.15) is 0 Å². The number of nitrogens with two attached hydrogens (primary N) is 1. The van der Waals surface area contributed by atoms with E-state index in [0.717, 1.165) is 12.1 Å². The molecule has 0 aliphatic carbocycles. The summed E-state index contributed by atoms with van der Waals surface area (Å²) >= 11 is 5.46. The SMILES string of the molecule is Nc1ccc(S(=O)C(F)(F)F)c(Cl)c1. The average molecular weight is 244 g/mol. The quantitative estimate of drug-likeness (QED) is 0.771. The third-order valence-corrected chi connectivity index (χ3v) is 2.97. The van der Waals surface area contributed by atoms with Crippen LogP contribution >= 0.6 is 11.6 Å². The Morgan fingerprint density at radius 1 is 1.36 bits per heavy atom. The number of anilines is 1. The lowest BCUT2D eigenvalue weighted by atomic mass is 10.3. The van der Waals surface area contributed by atoms with Crippen molar-refractivity contribution < 1.29 is 17.4 Å². The van der Waals surface area contributed by atoms with Crippen molar-refractivity contribution in [1.82, 2.24) is 0 Å². The highest BCUT2D eigenvalue weighted by Gasteiger charge is 2.38. The Balaban J connectivity index is 3.15. The van der Waals surface area contributed by atoms with E-state index in [9.17, 15) is 17.4 Å². The standard InChI is InChI=1S/C7H5ClF3NOS/c8-5-3-4(12)1-2-6(5)14(13)7(9,10)11/h1-3H,12H2. The lowest BCUT2D eigenvalue weighted by Gasteiger charge is -2.07. The topological polar surface area (TPSA) is 43.1 Å². The van der Waals surface area contributed by atoms with Gasteiger partial charge in [-0.15, -0.1) is 0 Å². The van der Waals surface area contributed by atoms with Crippen LogP contribution in [-0.4, -0.2) is 9.72 Å². The highest BCUT2D eigenvalue weighted by Crippen LogP contribution is 2.31. The zero-order chi connectivity index (χ0) is 10.9. The van der Waals surface area contributed by atoms with E-state index >= 15 is 0 Å². The Morgan fingerprint density at radius 2 is 1.93 bits per heavy atom. The maximum atomic E-state index is 12.0. The molecule has 78 valence electrons. The van der Waals surface area contributed by atoms with Gasteiger partial charge < -0.3 is 5.73 Å². The highest BCUT2D eigenvalue weighted by molar-refractivity contribution is 7.86. The smallest absolute Gasteiger partial charge is 0.399 e. The molecular formula is C7H5ClF3NOS. The first-order chi connectivity index (χ1) is 6.32. The number of benzene rings is 1. The predicted molar refractivity (Wildman–Crippen MR) is 48.3 cm³/mol. The Labute approximate surface area is 85.3 Å². The second kappa shape index (κ2) is 3.78. The van der Waals surface area contributed by atoms with E-state index in [1.54, 1.807) is 0 Å². The van der Waals surface area contributed by atoms with Crippen molar-refractivity contribution in [2.75, 3.05) is 5.73 Å². The van der Waals surface area contributed by atoms with Gasteiger partial charge in [0, 0.05) is 5.69 Å². The minimum atomic E-state index is -4.81. The van der Waals surface area contributed by atoms with Crippen LogP contribution in [0.2, 0.25) is 5.02 Å². The van der Waals surface area contributed by atoms with Gasteiger partial charge >= 0.3 is 5.51 Å². The molecule has 0 saturated carbocycles. The lowest BCUT2D eigenvalue weighted by Crippen LogP contribution is -2.16. The third kappa shape index (κ3) is 2.39. The molecule has 1 aromatic rings. The summed E-state index contributed by atoms with van der Waals surface area (Å²) in [4.78, 5) is -0.478. The van der Waals surface area contributed by atoms with Gasteiger partial charge in [-0.25, -0.2) is 4.21 Å². The Hall–Kier alpha value is -0.750. The summed E-state index contributed by atoms with van der Waals surface area (Å²) in [5, 5.41) is -0.249. The van der Waals surface area contributed by atoms with E-state index in [-0.39, 0.29) is 10.7 Å². The van der Waals surface area contributed by atoms with E-state index in [0.29, 0.717) is 0 Å². The molecule has 1 aromatic carbocycles. The maximum Gasteiger partial charge on any atom is 0.475 e. The van der Waals surface area contributed by atoms with Crippen LogP contribution in [-0.2, 0) is 10.8 Å². The summed E-state index contributed by atoms with van der Waals surface area (Å²) in [6.07, 6.45) is 0. The van der Waals surface area contributed by atoms with Gasteiger partial charge in [0.25, 0.3) is 0 Å². The fraction of sp³-hybridized carbons (Fsp3) is 0.143. The molecule has 0 aromatic heterocycles. The van der Waals surface area contributed by atoms with Crippen LogP contribution in [0.5, 0.6) is 0 Å². The van der Waals surface area contributed by atoms with Crippen LogP contribution in [0, 0.1) is 0 Å². The fourth-order valence-electron chi connectivity index (χ4n) is 0.792. The molecule has 7 heteroatoms. The average Bonchev–Trinajstić information content (AvgIpc) is 2.01. The highest BCUT2D eigenvalue weighted by atomic mass is 35.5. The first-order valence-corrected chi connectivity index (χ1v) is 4.89. The zero-order valence-electron chi connectivity index (χ0n) is 6.64. The molecular weight excluding hydrogens is 239 g/mol. The molecule has 0 radical (unpaired) electrons. The molecule has 1 atom stereocenters. The Kier molecular flexibility index (Phi) is 3.06. The van der Waals surface area contributed by atoms with Gasteiger partial charge in [-0.3, -0.25) is 0 Å². The number of alkyl halides is 3. The number of hydrogen-bond donors (Lipinski definition) is 1. The summed E-state index contributed by atoms with van der Waals surface area (Å²) < 4.78 is 46.9. The first kappa shape index (κ1) is 11.3. The van der Waals surface area contributed by atoms with Crippen molar-refractivity contribution in [3.05, 3.63) is 23.2 Å². The van der Waals surface area contributed by atoms with Crippen molar-refractivity contribution >= 4 is 28.1 Å². The summed E-state index contributed by atoms with van der Waals surface area (Å²) in [5.74, 6) is 0. The third-order valence-electron chi connectivity index (χ3n) is 1.37. The van der Waals surface area contributed by atoms with Crippen LogP contribution in [0.25, 0.3) is 0 Å². The molecule has 1 unspecified atom stereocenters. The van der Waals surface area contributed by atoms with E-state index in [1.807, 2.05) is 0 Å². The van der Waals surface area contributed by atoms with Crippen LogP contribution in [0.4, 0.5) is 18.9 Å². The minimum Gasteiger partial charge on any atom is -0.399 e. The van der Waals surface area contributed by atoms with Gasteiger partial charge in [0.05, 0.1) is 9.92 Å². The summed E-state index contributed by atoms with van der Waals surface area (Å²) in [5.41, 5.74) is 0.687. The van der Waals surface area contributed by atoms with Gasteiger partial charge in [0.2, 0.25) is 0 Å². The molecule has 0 heterocycles. The van der Waals surface area contributed by atoms with Crippen LogP contribution in [0.15, 0.2) is 23.1 Å². The molecule has 0 bridgehead atoms. The Morgan fingerprint density at radius 3 is 2.36 bits per heavy atom. The van der Waals surface area contributed by atoms with Crippen molar-refractivity contribution in [2.24, 2.45) is 0 Å². The molecule has 2 N–H and O–H groups in total. The van der Waals surface area contributed by atoms with Crippen LogP contribution < -0.4 is 5.73 Å². The normalized spacial score (nSPS) is 14.0. The summed E-state index contributed by atoms with van der Waals surface area (Å²) in [6.45, 7) is 0. The van der Waals surface area contributed by atoms with E-state index in [4.69, 9.17) is 17.3 Å². The molecule has 1 rings (SSSR count). The molecule has 0 spiro atoms.